The summed E-state index contributed by atoms with van der Waals surface area (Å²) in [5.74, 6) is 1.50. The van der Waals surface area contributed by atoms with Crippen LogP contribution >= 0.6 is 23.5 Å². The lowest BCUT2D eigenvalue weighted by atomic mass is 10.1. The highest BCUT2D eigenvalue weighted by Crippen LogP contribution is 2.30. The standard InChI is InChI=1S/C20H33ClN6O3S/c1-6-16(7-2)27-19(18-13-29-8-9-30-18)24-25-20(27)26-31-14(3)17(28-5)12-23-11-15(21)10-22-4/h10-12,14,16-18H,6-9,13H2,1-5H3,(H,25,26)/b15-11+,22-10?,23-12?. The van der Waals surface area contributed by atoms with Gasteiger partial charge in [-0.15, -0.1) is 10.2 Å². The first kappa shape index (κ1) is 25.8. The molecule has 0 saturated carbocycles. The van der Waals surface area contributed by atoms with Crippen molar-refractivity contribution in [2.24, 2.45) is 9.98 Å². The minimum absolute atomic E-state index is 0.0466. The van der Waals surface area contributed by atoms with Gasteiger partial charge in [-0.1, -0.05) is 25.4 Å². The molecule has 0 bridgehead atoms. The van der Waals surface area contributed by atoms with Gasteiger partial charge in [-0.3, -0.25) is 19.3 Å². The van der Waals surface area contributed by atoms with Crippen LogP contribution in [0.2, 0.25) is 0 Å². The molecule has 1 aliphatic rings. The topological polar surface area (TPSA) is 95.2 Å². The number of rotatable bonds is 12. The second kappa shape index (κ2) is 13.8. The quantitative estimate of drug-likeness (QED) is 0.362. The summed E-state index contributed by atoms with van der Waals surface area (Å²) in [5.41, 5.74) is 0. The van der Waals surface area contributed by atoms with Crippen molar-refractivity contribution in [2.75, 3.05) is 38.7 Å². The van der Waals surface area contributed by atoms with Gasteiger partial charge in [0.15, 0.2) is 5.82 Å². The predicted molar refractivity (Wildman–Crippen MR) is 127 cm³/mol. The molecule has 0 aromatic carbocycles. The molecule has 1 aromatic heterocycles. The first-order chi connectivity index (χ1) is 15.0. The minimum Gasteiger partial charge on any atom is -0.376 e. The number of nitrogens with one attached hydrogen (secondary N) is 1. The zero-order valence-electron chi connectivity index (χ0n) is 18.8. The van der Waals surface area contributed by atoms with Crippen LogP contribution in [0.1, 0.15) is 51.6 Å². The van der Waals surface area contributed by atoms with Crippen molar-refractivity contribution in [3.63, 3.8) is 0 Å². The summed E-state index contributed by atoms with van der Waals surface area (Å²) in [4.78, 5) is 8.08. The lowest BCUT2D eigenvalue weighted by molar-refractivity contribution is -0.0951. The van der Waals surface area contributed by atoms with Gasteiger partial charge >= 0.3 is 0 Å². The largest absolute Gasteiger partial charge is 0.376 e. The van der Waals surface area contributed by atoms with Crippen LogP contribution in [0.15, 0.2) is 21.2 Å². The maximum Gasteiger partial charge on any atom is 0.234 e. The zero-order valence-corrected chi connectivity index (χ0v) is 20.4. The Hall–Kier alpha value is -1.46. The van der Waals surface area contributed by atoms with Crippen molar-refractivity contribution in [2.45, 2.75) is 57.1 Å². The summed E-state index contributed by atoms with van der Waals surface area (Å²) >= 11 is 7.47. The second-order valence-electron chi connectivity index (χ2n) is 6.98. The Kier molecular flexibility index (Phi) is 11.5. The van der Waals surface area contributed by atoms with E-state index in [-0.39, 0.29) is 23.5 Å². The van der Waals surface area contributed by atoms with Crippen LogP contribution in [0.3, 0.4) is 0 Å². The molecule has 1 saturated heterocycles. The third kappa shape index (κ3) is 7.57. The van der Waals surface area contributed by atoms with Crippen LogP contribution in [-0.2, 0) is 14.2 Å². The van der Waals surface area contributed by atoms with Gasteiger partial charge in [0.2, 0.25) is 5.95 Å². The van der Waals surface area contributed by atoms with E-state index in [9.17, 15) is 0 Å². The fourth-order valence-electron chi connectivity index (χ4n) is 3.19. The maximum absolute atomic E-state index is 5.97. The molecule has 0 spiro atoms. The van der Waals surface area contributed by atoms with E-state index in [2.05, 4.69) is 43.3 Å². The molecular weight excluding hydrogens is 440 g/mol. The first-order valence-electron chi connectivity index (χ1n) is 10.4. The summed E-state index contributed by atoms with van der Waals surface area (Å²) in [5, 5.41) is 9.32. The van der Waals surface area contributed by atoms with Crippen LogP contribution in [0.5, 0.6) is 0 Å². The highest BCUT2D eigenvalue weighted by atomic mass is 35.5. The van der Waals surface area contributed by atoms with Gasteiger partial charge in [0.05, 0.1) is 30.1 Å². The molecule has 174 valence electrons. The molecule has 2 heterocycles. The Balaban J connectivity index is 2.11. The Morgan fingerprint density at radius 1 is 1.39 bits per heavy atom. The number of aromatic nitrogens is 3. The van der Waals surface area contributed by atoms with Crippen LogP contribution in [-0.4, -0.2) is 72.5 Å². The molecule has 0 radical (unpaired) electrons. The second-order valence-corrected chi connectivity index (χ2v) is 8.60. The normalized spacial score (nSPS) is 20.1. The molecule has 11 heteroatoms. The fourth-order valence-corrected chi connectivity index (χ4v) is 4.09. The molecule has 1 aromatic rings. The Labute approximate surface area is 193 Å². The SMILES string of the molecule is CCC(CC)n1c(NSC(C)C(C=N/C=C(/Cl)C=NC)OC)nnc1C1COCCO1. The molecule has 3 unspecified atom stereocenters. The van der Waals surface area contributed by atoms with Crippen LogP contribution in [0, 0.1) is 0 Å². The van der Waals surface area contributed by atoms with Gasteiger partial charge in [-0.25, -0.2) is 0 Å². The van der Waals surface area contributed by atoms with E-state index in [1.165, 1.54) is 24.4 Å². The summed E-state index contributed by atoms with van der Waals surface area (Å²) in [6, 6.07) is 0.265. The van der Waals surface area contributed by atoms with Gasteiger partial charge < -0.3 is 14.2 Å². The van der Waals surface area contributed by atoms with E-state index in [0.717, 1.165) is 18.7 Å². The molecule has 1 N–H and O–H groups in total. The van der Waals surface area contributed by atoms with E-state index in [0.29, 0.717) is 30.8 Å². The maximum atomic E-state index is 5.97. The summed E-state index contributed by atoms with van der Waals surface area (Å²) in [6.45, 7) is 8.03. The third-order valence-corrected chi connectivity index (χ3v) is 6.02. The number of methoxy groups -OCH3 is 1. The van der Waals surface area contributed by atoms with Crippen molar-refractivity contribution in [1.82, 2.24) is 14.8 Å². The third-order valence-electron chi connectivity index (χ3n) is 4.89. The van der Waals surface area contributed by atoms with E-state index < -0.39 is 0 Å². The lowest BCUT2D eigenvalue weighted by Crippen LogP contribution is -2.27. The van der Waals surface area contributed by atoms with Crippen molar-refractivity contribution in [3.05, 3.63) is 17.1 Å². The highest BCUT2D eigenvalue weighted by molar-refractivity contribution is 8.01. The van der Waals surface area contributed by atoms with Crippen LogP contribution in [0.4, 0.5) is 5.95 Å². The number of ether oxygens (including phenoxy) is 3. The van der Waals surface area contributed by atoms with E-state index >= 15 is 0 Å². The lowest BCUT2D eigenvalue weighted by Gasteiger charge is -2.26. The van der Waals surface area contributed by atoms with Crippen LogP contribution in [0.25, 0.3) is 0 Å². The van der Waals surface area contributed by atoms with Crippen molar-refractivity contribution < 1.29 is 14.2 Å². The Bertz CT molecular complexity index is 747. The summed E-state index contributed by atoms with van der Waals surface area (Å²) < 4.78 is 22.5. The predicted octanol–water partition coefficient (Wildman–Crippen LogP) is 4.04. The molecule has 31 heavy (non-hydrogen) atoms. The molecule has 1 fully saturated rings. The van der Waals surface area contributed by atoms with E-state index in [1.807, 2.05) is 6.92 Å². The zero-order chi connectivity index (χ0) is 22.6. The van der Waals surface area contributed by atoms with Crippen molar-refractivity contribution >= 4 is 41.9 Å². The minimum atomic E-state index is -0.226. The fraction of sp³-hybridized carbons (Fsp3) is 0.700. The molecule has 0 aliphatic carbocycles. The van der Waals surface area contributed by atoms with Gasteiger partial charge in [0.25, 0.3) is 0 Å². The smallest absolute Gasteiger partial charge is 0.234 e. The van der Waals surface area contributed by atoms with Gasteiger partial charge in [0.1, 0.15) is 12.2 Å². The van der Waals surface area contributed by atoms with Gasteiger partial charge in [0, 0.05) is 38.8 Å². The summed E-state index contributed by atoms with van der Waals surface area (Å²) in [7, 11) is 3.30. The molecule has 9 nitrogen and oxygen atoms in total. The Morgan fingerprint density at radius 3 is 2.77 bits per heavy atom. The van der Waals surface area contributed by atoms with Crippen LogP contribution < -0.4 is 4.72 Å². The number of anilines is 1. The van der Waals surface area contributed by atoms with Crippen molar-refractivity contribution in [3.8, 4) is 0 Å². The monoisotopic (exact) mass is 472 g/mol. The Morgan fingerprint density at radius 2 is 2.16 bits per heavy atom. The number of aliphatic imine (C=N–C) groups is 2. The van der Waals surface area contributed by atoms with Gasteiger partial charge in [-0.2, -0.15) is 0 Å². The first-order valence-corrected chi connectivity index (χ1v) is 11.7. The molecular formula is C20H33ClN6O3S. The molecule has 2 rings (SSSR count). The van der Waals surface area contributed by atoms with E-state index in [4.69, 9.17) is 25.8 Å². The number of nitrogens with zero attached hydrogens (tertiary/aromatic N) is 5. The summed E-state index contributed by atoms with van der Waals surface area (Å²) in [6.07, 6.45) is 6.28. The molecule has 0 amide bonds. The number of hydrogen-bond acceptors (Lipinski definition) is 9. The number of halogens is 1. The molecule has 1 aliphatic heterocycles. The highest BCUT2D eigenvalue weighted by Gasteiger charge is 2.28. The average Bonchev–Trinajstić information content (AvgIpc) is 3.20. The molecule has 3 atom stereocenters. The van der Waals surface area contributed by atoms with E-state index in [1.54, 1.807) is 20.4 Å². The average molecular weight is 473 g/mol. The number of allylic oxidation sites excluding steroid dienone is 1. The van der Waals surface area contributed by atoms with Gasteiger partial charge in [-0.05, 0) is 31.7 Å². The number of hydrogen-bond donors (Lipinski definition) is 1. The van der Waals surface area contributed by atoms with Crippen molar-refractivity contribution in [1.29, 1.82) is 0 Å².